The summed E-state index contributed by atoms with van der Waals surface area (Å²) < 4.78 is 34.8. The SMILES string of the molecule is COc1cccc(N(CC(=O)N(Cc2ccc(Cl)c(Cl)c2)C(Cc2ccccc2)C(=O)NC2CCCCC2)S(=O)(=O)c2ccccc2)c1. The molecule has 0 aliphatic heterocycles. The number of amides is 2. The molecule has 4 aromatic rings. The van der Waals surface area contributed by atoms with Crippen molar-refractivity contribution in [1.29, 1.82) is 0 Å². The van der Waals surface area contributed by atoms with E-state index in [-0.39, 0.29) is 35.5 Å². The summed E-state index contributed by atoms with van der Waals surface area (Å²) in [4.78, 5) is 30.4. The molecule has 0 bridgehead atoms. The number of anilines is 1. The lowest BCUT2D eigenvalue weighted by Crippen LogP contribution is -2.55. The summed E-state index contributed by atoms with van der Waals surface area (Å²) in [5.41, 5.74) is 1.74. The number of carbonyl (C=O) groups excluding carboxylic acids is 2. The zero-order valence-electron chi connectivity index (χ0n) is 26.7. The predicted octanol–water partition coefficient (Wildman–Crippen LogP) is 7.29. The summed E-state index contributed by atoms with van der Waals surface area (Å²) in [5, 5.41) is 3.87. The van der Waals surface area contributed by atoms with E-state index in [1.165, 1.54) is 24.1 Å². The molecular weight excluding hydrogens is 669 g/mol. The fourth-order valence-electron chi connectivity index (χ4n) is 5.95. The Balaban J connectivity index is 1.58. The zero-order valence-corrected chi connectivity index (χ0v) is 29.1. The van der Waals surface area contributed by atoms with Crippen molar-refractivity contribution in [3.8, 4) is 5.75 Å². The van der Waals surface area contributed by atoms with Crippen LogP contribution in [-0.2, 0) is 32.6 Å². The average Bonchev–Trinajstić information content (AvgIpc) is 3.11. The van der Waals surface area contributed by atoms with E-state index in [9.17, 15) is 18.0 Å². The first-order valence-electron chi connectivity index (χ1n) is 16.0. The van der Waals surface area contributed by atoms with E-state index in [0.29, 0.717) is 21.4 Å². The van der Waals surface area contributed by atoms with Crippen LogP contribution in [0.4, 0.5) is 5.69 Å². The molecule has 0 spiro atoms. The first-order chi connectivity index (χ1) is 23.2. The number of rotatable bonds is 13. The third kappa shape index (κ3) is 8.89. The van der Waals surface area contributed by atoms with Crippen LogP contribution in [0.2, 0.25) is 10.0 Å². The van der Waals surface area contributed by atoms with E-state index in [4.69, 9.17) is 27.9 Å². The van der Waals surface area contributed by atoms with Crippen molar-refractivity contribution in [2.45, 2.75) is 62.0 Å². The zero-order chi connectivity index (χ0) is 34.1. The third-order valence-electron chi connectivity index (χ3n) is 8.51. The fraction of sp³-hybridized carbons (Fsp3) is 0.297. The van der Waals surface area contributed by atoms with Crippen molar-refractivity contribution in [2.24, 2.45) is 0 Å². The molecule has 0 saturated heterocycles. The minimum Gasteiger partial charge on any atom is -0.497 e. The number of nitrogens with zero attached hydrogens (tertiary/aromatic N) is 2. The first-order valence-corrected chi connectivity index (χ1v) is 18.1. The predicted molar refractivity (Wildman–Crippen MR) is 190 cm³/mol. The summed E-state index contributed by atoms with van der Waals surface area (Å²) in [5.74, 6) is -0.434. The van der Waals surface area contributed by atoms with Gasteiger partial charge in [0.1, 0.15) is 18.3 Å². The highest BCUT2D eigenvalue weighted by Crippen LogP contribution is 2.29. The Morgan fingerprint density at radius 1 is 0.833 bits per heavy atom. The molecule has 1 aliphatic rings. The molecule has 1 fully saturated rings. The molecule has 1 saturated carbocycles. The van der Waals surface area contributed by atoms with E-state index < -0.39 is 28.5 Å². The van der Waals surface area contributed by atoms with E-state index in [1.807, 2.05) is 30.3 Å². The molecule has 8 nitrogen and oxygen atoms in total. The van der Waals surface area contributed by atoms with E-state index >= 15 is 0 Å². The van der Waals surface area contributed by atoms with Crippen molar-refractivity contribution in [3.05, 3.63) is 124 Å². The highest BCUT2D eigenvalue weighted by atomic mass is 35.5. The number of halogens is 2. The van der Waals surface area contributed by atoms with Gasteiger partial charge < -0.3 is 15.0 Å². The monoisotopic (exact) mass is 707 g/mol. The molecule has 4 aromatic carbocycles. The summed E-state index contributed by atoms with van der Waals surface area (Å²) in [6.45, 7) is -0.587. The van der Waals surface area contributed by atoms with Crippen LogP contribution in [0.5, 0.6) is 5.75 Å². The smallest absolute Gasteiger partial charge is 0.264 e. The number of hydrogen-bond acceptors (Lipinski definition) is 5. The molecule has 2 amide bonds. The Bertz CT molecular complexity index is 1800. The Hall–Kier alpha value is -4.05. The lowest BCUT2D eigenvalue weighted by molar-refractivity contribution is -0.140. The lowest BCUT2D eigenvalue weighted by Gasteiger charge is -2.35. The molecule has 252 valence electrons. The van der Waals surface area contributed by atoms with Gasteiger partial charge in [-0.2, -0.15) is 0 Å². The second kappa shape index (κ2) is 16.4. The van der Waals surface area contributed by atoms with E-state index in [0.717, 1.165) is 42.0 Å². The van der Waals surface area contributed by atoms with Crippen molar-refractivity contribution < 1.29 is 22.7 Å². The first kappa shape index (κ1) is 35.3. The van der Waals surface area contributed by atoms with E-state index in [2.05, 4.69) is 5.32 Å². The quantitative estimate of drug-likeness (QED) is 0.158. The summed E-state index contributed by atoms with van der Waals surface area (Å²) in [7, 11) is -2.74. The van der Waals surface area contributed by atoms with Crippen LogP contribution >= 0.6 is 23.2 Å². The van der Waals surface area contributed by atoms with Crippen LogP contribution in [0.1, 0.15) is 43.2 Å². The fourth-order valence-corrected chi connectivity index (χ4v) is 7.69. The maximum absolute atomic E-state index is 14.7. The third-order valence-corrected chi connectivity index (χ3v) is 11.0. The van der Waals surface area contributed by atoms with Gasteiger partial charge in [-0.05, 0) is 60.4 Å². The molecule has 1 N–H and O–H groups in total. The van der Waals surface area contributed by atoms with Crippen LogP contribution in [0.25, 0.3) is 0 Å². The van der Waals surface area contributed by atoms with Crippen molar-refractivity contribution in [3.63, 3.8) is 0 Å². The molecule has 5 rings (SSSR count). The average molecular weight is 709 g/mol. The van der Waals surface area contributed by atoms with Crippen LogP contribution in [-0.4, -0.2) is 50.9 Å². The molecule has 0 radical (unpaired) electrons. The number of methoxy groups -OCH3 is 1. The highest BCUT2D eigenvalue weighted by Gasteiger charge is 2.35. The number of hydrogen-bond donors (Lipinski definition) is 1. The maximum atomic E-state index is 14.7. The number of ether oxygens (including phenoxy) is 1. The van der Waals surface area contributed by atoms with Gasteiger partial charge in [-0.3, -0.25) is 13.9 Å². The minimum atomic E-state index is -4.23. The van der Waals surface area contributed by atoms with Crippen LogP contribution in [0.15, 0.2) is 108 Å². The Labute approximate surface area is 292 Å². The van der Waals surface area contributed by atoms with Gasteiger partial charge in [0.15, 0.2) is 0 Å². The van der Waals surface area contributed by atoms with Gasteiger partial charge >= 0.3 is 0 Å². The topological polar surface area (TPSA) is 96.0 Å². The van der Waals surface area contributed by atoms with Gasteiger partial charge in [-0.25, -0.2) is 8.42 Å². The molecular formula is C37H39Cl2N3O5S. The van der Waals surface area contributed by atoms with Gasteiger partial charge in [-0.1, -0.05) is 103 Å². The minimum absolute atomic E-state index is 0.00167. The molecule has 0 aromatic heterocycles. The molecule has 0 heterocycles. The molecule has 48 heavy (non-hydrogen) atoms. The van der Waals surface area contributed by atoms with Gasteiger partial charge in [0, 0.05) is 25.1 Å². The van der Waals surface area contributed by atoms with Gasteiger partial charge in [0.05, 0.1) is 27.7 Å². The Morgan fingerprint density at radius 3 is 2.19 bits per heavy atom. The second-order valence-corrected chi connectivity index (χ2v) is 14.5. The number of carbonyl (C=O) groups is 2. The van der Waals surface area contributed by atoms with Gasteiger partial charge in [0.2, 0.25) is 11.8 Å². The van der Waals surface area contributed by atoms with Crippen molar-refractivity contribution >= 4 is 50.7 Å². The van der Waals surface area contributed by atoms with Crippen LogP contribution in [0, 0.1) is 0 Å². The summed E-state index contributed by atoms with van der Waals surface area (Å²) in [6, 6.07) is 28.0. The Kier molecular flexibility index (Phi) is 12.0. The van der Waals surface area contributed by atoms with Crippen molar-refractivity contribution in [2.75, 3.05) is 18.0 Å². The van der Waals surface area contributed by atoms with Crippen LogP contribution in [0.3, 0.4) is 0 Å². The number of nitrogens with one attached hydrogen (secondary N) is 1. The molecule has 11 heteroatoms. The summed E-state index contributed by atoms with van der Waals surface area (Å²) >= 11 is 12.6. The maximum Gasteiger partial charge on any atom is 0.264 e. The molecule has 1 unspecified atom stereocenters. The van der Waals surface area contributed by atoms with Crippen molar-refractivity contribution in [1.82, 2.24) is 10.2 Å². The lowest BCUT2D eigenvalue weighted by atomic mass is 9.94. The second-order valence-electron chi connectivity index (χ2n) is 11.8. The van der Waals surface area contributed by atoms with Gasteiger partial charge in [0.25, 0.3) is 10.0 Å². The van der Waals surface area contributed by atoms with Crippen LogP contribution < -0.4 is 14.4 Å². The highest BCUT2D eigenvalue weighted by molar-refractivity contribution is 7.92. The normalized spacial score (nSPS) is 14.1. The Morgan fingerprint density at radius 2 is 1.52 bits per heavy atom. The number of sulfonamides is 1. The standard InChI is InChI=1S/C37H39Cl2N3O5S/c1-47-31-17-11-16-30(24-31)42(48(45,46)32-18-9-4-10-19-32)26-36(43)41(25-28-20-21-33(38)34(39)22-28)35(23-27-12-5-2-6-13-27)37(44)40-29-14-7-3-8-15-29/h2,4-6,9-13,16-22,24,29,35H,3,7-8,14-15,23,25-26H2,1H3,(H,40,44). The summed E-state index contributed by atoms with van der Waals surface area (Å²) in [6.07, 6.45) is 5.11. The largest absolute Gasteiger partial charge is 0.497 e. The molecule has 1 aliphatic carbocycles. The van der Waals surface area contributed by atoms with Gasteiger partial charge in [-0.15, -0.1) is 0 Å². The number of benzene rings is 4. The van der Waals surface area contributed by atoms with E-state index in [1.54, 1.807) is 60.7 Å². The molecule has 1 atom stereocenters.